The first-order valence-electron chi connectivity index (χ1n) is 7.86. The highest BCUT2D eigenvalue weighted by Crippen LogP contribution is 2.38. The number of halogens is 2. The SMILES string of the molecule is Cc1cc(C(=O)N(C)c2ccnnc2)nn1C1CCC(F)(F)CC1. The van der Waals surface area contributed by atoms with E-state index < -0.39 is 5.92 Å². The van der Waals surface area contributed by atoms with Crippen molar-refractivity contribution in [3.63, 3.8) is 0 Å². The van der Waals surface area contributed by atoms with Gasteiger partial charge in [-0.1, -0.05) is 0 Å². The second-order valence-corrected chi connectivity index (χ2v) is 6.17. The van der Waals surface area contributed by atoms with Crippen LogP contribution in [0.25, 0.3) is 0 Å². The largest absolute Gasteiger partial charge is 0.308 e. The van der Waals surface area contributed by atoms with Gasteiger partial charge in [0.25, 0.3) is 5.91 Å². The van der Waals surface area contributed by atoms with E-state index in [2.05, 4.69) is 15.3 Å². The van der Waals surface area contributed by atoms with Crippen LogP contribution in [0.4, 0.5) is 14.5 Å². The number of hydrogen-bond donors (Lipinski definition) is 0. The molecule has 0 spiro atoms. The summed E-state index contributed by atoms with van der Waals surface area (Å²) < 4.78 is 28.3. The van der Waals surface area contributed by atoms with Crippen molar-refractivity contribution in [3.8, 4) is 0 Å². The maximum Gasteiger partial charge on any atom is 0.278 e. The molecule has 3 rings (SSSR count). The van der Waals surface area contributed by atoms with E-state index >= 15 is 0 Å². The third kappa shape index (κ3) is 3.27. The zero-order valence-electron chi connectivity index (χ0n) is 13.6. The molecule has 0 saturated heterocycles. The summed E-state index contributed by atoms with van der Waals surface area (Å²) in [6.07, 6.45) is 3.46. The first kappa shape index (κ1) is 16.5. The van der Waals surface area contributed by atoms with E-state index in [1.165, 1.54) is 17.3 Å². The molecule has 0 aromatic carbocycles. The fraction of sp³-hybridized carbons (Fsp3) is 0.500. The minimum Gasteiger partial charge on any atom is -0.308 e. The summed E-state index contributed by atoms with van der Waals surface area (Å²) in [5.41, 5.74) is 1.71. The highest BCUT2D eigenvalue weighted by atomic mass is 19.3. The number of carbonyl (C=O) groups is 1. The average Bonchev–Trinajstić information content (AvgIpc) is 2.96. The molecule has 0 unspecified atom stereocenters. The third-order valence-corrected chi connectivity index (χ3v) is 4.43. The number of aryl methyl sites for hydroxylation is 1. The van der Waals surface area contributed by atoms with Gasteiger partial charge in [0.1, 0.15) is 0 Å². The second kappa shape index (κ2) is 6.26. The van der Waals surface area contributed by atoms with Gasteiger partial charge in [0.15, 0.2) is 5.69 Å². The fourth-order valence-electron chi connectivity index (χ4n) is 3.00. The zero-order valence-corrected chi connectivity index (χ0v) is 13.6. The number of carbonyl (C=O) groups excluding carboxylic acids is 1. The van der Waals surface area contributed by atoms with Crippen LogP contribution in [0.1, 0.15) is 47.9 Å². The van der Waals surface area contributed by atoms with Crippen LogP contribution < -0.4 is 4.90 Å². The number of rotatable bonds is 3. The lowest BCUT2D eigenvalue weighted by Gasteiger charge is -2.29. The minimum atomic E-state index is -2.58. The molecule has 1 aliphatic carbocycles. The van der Waals surface area contributed by atoms with Crippen molar-refractivity contribution in [2.24, 2.45) is 0 Å². The van der Waals surface area contributed by atoms with Crippen molar-refractivity contribution >= 4 is 11.6 Å². The van der Waals surface area contributed by atoms with Gasteiger partial charge < -0.3 is 4.90 Å². The first-order valence-corrected chi connectivity index (χ1v) is 7.86. The Morgan fingerprint density at radius 1 is 1.33 bits per heavy atom. The van der Waals surface area contributed by atoms with Crippen molar-refractivity contribution in [3.05, 3.63) is 35.9 Å². The average molecular weight is 335 g/mol. The lowest BCUT2D eigenvalue weighted by Crippen LogP contribution is -2.28. The van der Waals surface area contributed by atoms with Crippen LogP contribution in [0.15, 0.2) is 24.5 Å². The van der Waals surface area contributed by atoms with E-state index in [-0.39, 0.29) is 24.8 Å². The molecule has 2 heterocycles. The summed E-state index contributed by atoms with van der Waals surface area (Å²) in [6, 6.07) is 3.29. The van der Waals surface area contributed by atoms with Crippen LogP contribution in [0.5, 0.6) is 0 Å². The molecule has 2 aromatic rings. The van der Waals surface area contributed by atoms with Gasteiger partial charge in [-0.3, -0.25) is 9.48 Å². The van der Waals surface area contributed by atoms with E-state index in [1.807, 2.05) is 6.92 Å². The van der Waals surface area contributed by atoms with Crippen LogP contribution in [0.3, 0.4) is 0 Å². The lowest BCUT2D eigenvalue weighted by atomic mass is 9.92. The molecule has 0 N–H and O–H groups in total. The predicted molar refractivity (Wildman–Crippen MR) is 84.2 cm³/mol. The molecule has 1 amide bonds. The molecule has 1 saturated carbocycles. The molecule has 0 atom stereocenters. The van der Waals surface area contributed by atoms with E-state index in [9.17, 15) is 13.6 Å². The van der Waals surface area contributed by atoms with Gasteiger partial charge in [0.05, 0.1) is 24.1 Å². The third-order valence-electron chi connectivity index (χ3n) is 4.43. The smallest absolute Gasteiger partial charge is 0.278 e. The number of amides is 1. The maximum absolute atomic E-state index is 13.3. The van der Waals surface area contributed by atoms with E-state index in [1.54, 1.807) is 23.9 Å². The quantitative estimate of drug-likeness (QED) is 0.865. The first-order chi connectivity index (χ1) is 11.4. The number of aromatic nitrogens is 4. The van der Waals surface area contributed by atoms with Gasteiger partial charge in [-0.15, -0.1) is 0 Å². The van der Waals surface area contributed by atoms with Crippen LogP contribution in [-0.4, -0.2) is 38.9 Å². The van der Waals surface area contributed by atoms with Gasteiger partial charge in [0, 0.05) is 25.6 Å². The topological polar surface area (TPSA) is 63.9 Å². The predicted octanol–water partition coefficient (Wildman–Crippen LogP) is 3.01. The number of hydrogen-bond acceptors (Lipinski definition) is 4. The molecule has 24 heavy (non-hydrogen) atoms. The molecule has 2 aromatic heterocycles. The molecule has 0 bridgehead atoms. The zero-order chi connectivity index (χ0) is 17.3. The number of nitrogens with zero attached hydrogens (tertiary/aromatic N) is 5. The van der Waals surface area contributed by atoms with Crippen LogP contribution in [0.2, 0.25) is 0 Å². The second-order valence-electron chi connectivity index (χ2n) is 6.17. The normalized spacial score (nSPS) is 17.7. The molecule has 128 valence electrons. The van der Waals surface area contributed by atoms with Gasteiger partial charge in [0.2, 0.25) is 5.92 Å². The molecule has 8 heteroatoms. The molecule has 0 aliphatic heterocycles. The Labute approximate surface area is 138 Å². The summed E-state index contributed by atoms with van der Waals surface area (Å²) >= 11 is 0. The van der Waals surface area contributed by atoms with E-state index in [0.29, 0.717) is 24.2 Å². The van der Waals surface area contributed by atoms with Crippen molar-refractivity contribution in [2.75, 3.05) is 11.9 Å². The number of anilines is 1. The Balaban J connectivity index is 1.78. The molecular formula is C16H19F2N5O. The lowest BCUT2D eigenvalue weighted by molar-refractivity contribution is -0.0452. The Morgan fingerprint density at radius 3 is 2.67 bits per heavy atom. The summed E-state index contributed by atoms with van der Waals surface area (Å²) in [7, 11) is 1.63. The highest BCUT2D eigenvalue weighted by Gasteiger charge is 2.36. The van der Waals surface area contributed by atoms with Crippen LogP contribution >= 0.6 is 0 Å². The molecular weight excluding hydrogens is 316 g/mol. The fourth-order valence-corrected chi connectivity index (χ4v) is 3.00. The van der Waals surface area contributed by atoms with Crippen molar-refractivity contribution in [1.82, 2.24) is 20.0 Å². The van der Waals surface area contributed by atoms with Gasteiger partial charge in [-0.2, -0.15) is 15.3 Å². The van der Waals surface area contributed by atoms with Crippen molar-refractivity contribution < 1.29 is 13.6 Å². The van der Waals surface area contributed by atoms with Gasteiger partial charge >= 0.3 is 0 Å². The van der Waals surface area contributed by atoms with Gasteiger partial charge in [-0.25, -0.2) is 8.78 Å². The standard InChI is InChI=1S/C16H19F2N5O/c1-11-9-14(15(24)22(2)13-5-8-19-20-10-13)21-23(11)12-3-6-16(17,18)7-4-12/h5,8-10,12H,3-4,6-7H2,1-2H3. The minimum absolute atomic E-state index is 0.0842. The Bertz CT molecular complexity index is 721. The van der Waals surface area contributed by atoms with Crippen LogP contribution in [0, 0.1) is 6.92 Å². The monoisotopic (exact) mass is 335 g/mol. The highest BCUT2D eigenvalue weighted by molar-refractivity contribution is 6.04. The summed E-state index contributed by atoms with van der Waals surface area (Å²) in [5, 5.41) is 11.8. The molecule has 1 fully saturated rings. The van der Waals surface area contributed by atoms with E-state index in [4.69, 9.17) is 0 Å². The Morgan fingerprint density at radius 2 is 2.04 bits per heavy atom. The molecule has 1 aliphatic rings. The van der Waals surface area contributed by atoms with Gasteiger partial charge in [-0.05, 0) is 31.9 Å². The summed E-state index contributed by atoms with van der Waals surface area (Å²) in [4.78, 5) is 14.0. The summed E-state index contributed by atoms with van der Waals surface area (Å²) in [5.74, 6) is -2.85. The Hall–Kier alpha value is -2.38. The maximum atomic E-state index is 13.3. The van der Waals surface area contributed by atoms with E-state index in [0.717, 1.165) is 5.69 Å². The van der Waals surface area contributed by atoms with Crippen molar-refractivity contribution in [2.45, 2.75) is 44.6 Å². The summed E-state index contributed by atoms with van der Waals surface area (Å²) in [6.45, 7) is 1.84. The number of alkyl halides is 2. The molecule has 6 nitrogen and oxygen atoms in total. The Kier molecular flexibility index (Phi) is 4.29. The van der Waals surface area contributed by atoms with Crippen molar-refractivity contribution in [1.29, 1.82) is 0 Å². The van der Waals surface area contributed by atoms with Crippen LogP contribution in [-0.2, 0) is 0 Å². The molecule has 0 radical (unpaired) electrons.